The number of halogens is 1. The van der Waals surface area contributed by atoms with Gasteiger partial charge in [0.15, 0.2) is 9.84 Å². The van der Waals surface area contributed by atoms with Gasteiger partial charge in [0.1, 0.15) is 17.3 Å². The Hall–Kier alpha value is -2.74. The van der Waals surface area contributed by atoms with Crippen LogP contribution in [0.15, 0.2) is 48.5 Å². The molecule has 0 bridgehead atoms. The Balaban J connectivity index is 1.82. The lowest BCUT2D eigenvalue weighted by Gasteiger charge is -2.08. The van der Waals surface area contributed by atoms with Crippen molar-refractivity contribution in [2.45, 2.75) is 13.5 Å². The van der Waals surface area contributed by atoms with Gasteiger partial charge in [-0.3, -0.25) is 9.59 Å². The molecule has 0 aliphatic rings. The van der Waals surface area contributed by atoms with Gasteiger partial charge in [0, 0.05) is 12.2 Å². The van der Waals surface area contributed by atoms with Crippen LogP contribution in [0, 0.1) is 12.7 Å². The molecule has 0 aromatic heterocycles. The number of amides is 2. The van der Waals surface area contributed by atoms with Gasteiger partial charge in [-0.2, -0.15) is 0 Å². The van der Waals surface area contributed by atoms with Crippen LogP contribution in [-0.4, -0.2) is 31.7 Å². The van der Waals surface area contributed by atoms with Crippen molar-refractivity contribution in [2.75, 3.05) is 16.8 Å². The van der Waals surface area contributed by atoms with Gasteiger partial charge in [-0.25, -0.2) is 12.8 Å². The number of benzene rings is 2. The predicted molar refractivity (Wildman–Crippen MR) is 96.7 cm³/mol. The van der Waals surface area contributed by atoms with Crippen molar-refractivity contribution >= 4 is 27.3 Å². The minimum atomic E-state index is -3.90. The SMILES string of the molecule is Cc1ccc(NC(=O)CS(=O)(=O)CC(=O)NCc2ccc(F)cc2)cc1. The summed E-state index contributed by atoms with van der Waals surface area (Å²) in [6.45, 7) is 1.96. The van der Waals surface area contributed by atoms with E-state index in [2.05, 4.69) is 10.6 Å². The van der Waals surface area contributed by atoms with E-state index in [4.69, 9.17) is 0 Å². The van der Waals surface area contributed by atoms with E-state index >= 15 is 0 Å². The number of hydrogen-bond donors (Lipinski definition) is 2. The van der Waals surface area contributed by atoms with Crippen molar-refractivity contribution in [3.63, 3.8) is 0 Å². The van der Waals surface area contributed by atoms with E-state index in [0.717, 1.165) is 5.56 Å². The fraction of sp³-hybridized carbons (Fsp3) is 0.222. The van der Waals surface area contributed by atoms with Gasteiger partial charge in [-0.05, 0) is 36.8 Å². The minimum absolute atomic E-state index is 0.0736. The van der Waals surface area contributed by atoms with Crippen LogP contribution in [0.2, 0.25) is 0 Å². The summed E-state index contributed by atoms with van der Waals surface area (Å²) in [5.74, 6) is -3.42. The molecule has 2 aromatic carbocycles. The quantitative estimate of drug-likeness (QED) is 0.768. The Kier molecular flexibility index (Phi) is 6.46. The zero-order chi connectivity index (χ0) is 19.2. The van der Waals surface area contributed by atoms with Gasteiger partial charge in [0.2, 0.25) is 11.8 Å². The maximum Gasteiger partial charge on any atom is 0.239 e. The Morgan fingerprint density at radius 2 is 1.50 bits per heavy atom. The number of carbonyl (C=O) groups is 2. The van der Waals surface area contributed by atoms with E-state index in [-0.39, 0.29) is 6.54 Å². The molecule has 0 atom stereocenters. The first-order valence-electron chi connectivity index (χ1n) is 7.81. The molecule has 0 heterocycles. The smallest absolute Gasteiger partial charge is 0.239 e. The number of sulfone groups is 1. The molecule has 2 amide bonds. The molecule has 0 fully saturated rings. The van der Waals surface area contributed by atoms with Crippen LogP contribution in [-0.2, 0) is 26.0 Å². The maximum absolute atomic E-state index is 12.8. The van der Waals surface area contributed by atoms with E-state index in [1.807, 2.05) is 6.92 Å². The van der Waals surface area contributed by atoms with Gasteiger partial charge in [-0.1, -0.05) is 29.8 Å². The lowest BCUT2D eigenvalue weighted by molar-refractivity contribution is -0.118. The molecule has 0 spiro atoms. The summed E-state index contributed by atoms with van der Waals surface area (Å²) < 4.78 is 36.8. The van der Waals surface area contributed by atoms with Crippen LogP contribution in [0.1, 0.15) is 11.1 Å². The second kappa shape index (κ2) is 8.57. The molecule has 0 saturated heterocycles. The lowest BCUT2D eigenvalue weighted by Crippen LogP contribution is -2.33. The third-order valence-corrected chi connectivity index (χ3v) is 4.84. The van der Waals surface area contributed by atoms with Crippen molar-refractivity contribution in [3.8, 4) is 0 Å². The molecule has 0 aliphatic carbocycles. The van der Waals surface area contributed by atoms with Crippen molar-refractivity contribution < 1.29 is 22.4 Å². The highest BCUT2D eigenvalue weighted by Crippen LogP contribution is 2.09. The number of nitrogens with one attached hydrogen (secondary N) is 2. The van der Waals surface area contributed by atoms with E-state index in [1.54, 1.807) is 24.3 Å². The summed E-state index contributed by atoms with van der Waals surface area (Å²) in [4.78, 5) is 23.6. The molecular weight excluding hydrogens is 359 g/mol. The zero-order valence-corrected chi connectivity index (χ0v) is 15.0. The normalized spacial score (nSPS) is 11.0. The summed E-state index contributed by atoms with van der Waals surface area (Å²) in [7, 11) is -3.90. The first-order valence-corrected chi connectivity index (χ1v) is 9.64. The molecule has 8 heteroatoms. The lowest BCUT2D eigenvalue weighted by atomic mass is 10.2. The topological polar surface area (TPSA) is 92.3 Å². The van der Waals surface area contributed by atoms with Crippen molar-refractivity contribution in [3.05, 3.63) is 65.5 Å². The van der Waals surface area contributed by atoms with Crippen LogP contribution in [0.5, 0.6) is 0 Å². The average molecular weight is 378 g/mol. The standard InChI is InChI=1S/C18H19FN2O4S/c1-13-2-8-16(9-3-13)21-18(23)12-26(24,25)11-17(22)20-10-14-4-6-15(19)7-5-14/h2-9H,10-12H2,1H3,(H,20,22)(H,21,23). The molecular formula is C18H19FN2O4S. The van der Waals surface area contributed by atoms with Crippen LogP contribution in [0.25, 0.3) is 0 Å². The highest BCUT2D eigenvalue weighted by atomic mass is 32.2. The minimum Gasteiger partial charge on any atom is -0.351 e. The highest BCUT2D eigenvalue weighted by molar-refractivity contribution is 7.92. The number of rotatable bonds is 7. The largest absolute Gasteiger partial charge is 0.351 e. The maximum atomic E-state index is 12.8. The molecule has 2 aromatic rings. The molecule has 2 N–H and O–H groups in total. The first-order chi connectivity index (χ1) is 12.2. The van der Waals surface area contributed by atoms with E-state index in [9.17, 15) is 22.4 Å². The molecule has 26 heavy (non-hydrogen) atoms. The molecule has 0 radical (unpaired) electrons. The Morgan fingerprint density at radius 3 is 2.12 bits per heavy atom. The second-order valence-corrected chi connectivity index (χ2v) is 7.91. The zero-order valence-electron chi connectivity index (χ0n) is 14.2. The number of carbonyl (C=O) groups excluding carboxylic acids is 2. The van der Waals surface area contributed by atoms with Crippen LogP contribution < -0.4 is 10.6 Å². The molecule has 138 valence electrons. The molecule has 0 unspecified atom stereocenters. The summed E-state index contributed by atoms with van der Waals surface area (Å²) in [5, 5.41) is 4.91. The van der Waals surface area contributed by atoms with E-state index < -0.39 is 39.0 Å². The highest BCUT2D eigenvalue weighted by Gasteiger charge is 2.20. The van der Waals surface area contributed by atoms with Gasteiger partial charge in [0.05, 0.1) is 0 Å². The number of aryl methyl sites for hydroxylation is 1. The van der Waals surface area contributed by atoms with Gasteiger partial charge >= 0.3 is 0 Å². The molecule has 2 rings (SSSR count). The number of anilines is 1. The third-order valence-electron chi connectivity index (χ3n) is 3.44. The second-order valence-electron chi connectivity index (χ2n) is 5.85. The third kappa shape index (κ3) is 6.64. The Morgan fingerprint density at radius 1 is 0.923 bits per heavy atom. The fourth-order valence-electron chi connectivity index (χ4n) is 2.14. The summed E-state index contributed by atoms with van der Waals surface area (Å²) in [5.41, 5.74) is 2.12. The Bertz CT molecular complexity index is 878. The van der Waals surface area contributed by atoms with Crippen molar-refractivity contribution in [1.82, 2.24) is 5.32 Å². The van der Waals surface area contributed by atoms with E-state index in [0.29, 0.717) is 11.3 Å². The molecule has 0 saturated carbocycles. The first kappa shape index (κ1) is 19.6. The van der Waals surface area contributed by atoms with Crippen molar-refractivity contribution in [1.29, 1.82) is 0 Å². The van der Waals surface area contributed by atoms with Gasteiger partial charge in [-0.15, -0.1) is 0 Å². The van der Waals surface area contributed by atoms with Gasteiger partial charge in [0.25, 0.3) is 0 Å². The summed E-state index contributed by atoms with van der Waals surface area (Å²) >= 11 is 0. The van der Waals surface area contributed by atoms with Gasteiger partial charge < -0.3 is 10.6 Å². The van der Waals surface area contributed by atoms with Crippen LogP contribution in [0.4, 0.5) is 10.1 Å². The summed E-state index contributed by atoms with van der Waals surface area (Å²) in [6, 6.07) is 12.4. The van der Waals surface area contributed by atoms with Crippen molar-refractivity contribution in [2.24, 2.45) is 0 Å². The fourth-order valence-corrected chi connectivity index (χ4v) is 3.21. The Labute approximate surface area is 151 Å². The van der Waals surface area contributed by atoms with Crippen LogP contribution >= 0.6 is 0 Å². The molecule has 0 aliphatic heterocycles. The molecule has 6 nitrogen and oxygen atoms in total. The average Bonchev–Trinajstić information content (AvgIpc) is 2.55. The predicted octanol–water partition coefficient (Wildman–Crippen LogP) is 1.80. The number of hydrogen-bond acceptors (Lipinski definition) is 4. The monoisotopic (exact) mass is 378 g/mol. The van der Waals surface area contributed by atoms with Crippen LogP contribution in [0.3, 0.4) is 0 Å². The van der Waals surface area contributed by atoms with E-state index in [1.165, 1.54) is 24.3 Å². The summed E-state index contributed by atoms with van der Waals surface area (Å²) in [6.07, 6.45) is 0.